The number of aromatic nitrogens is 3. The molecule has 3 aromatic rings. The van der Waals surface area contributed by atoms with E-state index in [2.05, 4.69) is 21.9 Å². The highest BCUT2D eigenvalue weighted by atomic mass is 16.5. The minimum Gasteiger partial charge on any atom is -0.497 e. The second-order valence-corrected chi connectivity index (χ2v) is 6.39. The minimum absolute atomic E-state index is 0.719. The first-order chi connectivity index (χ1) is 12.8. The predicted octanol–water partition coefficient (Wildman–Crippen LogP) is 5.34. The average Bonchev–Trinajstić information content (AvgIpc) is 2.72. The number of nitrogens with zero attached hydrogens (tertiary/aromatic N) is 3. The number of hydrogen-bond donors (Lipinski definition) is 0. The van der Waals surface area contributed by atoms with Gasteiger partial charge in [-0.2, -0.15) is 0 Å². The van der Waals surface area contributed by atoms with E-state index < -0.39 is 0 Å². The van der Waals surface area contributed by atoms with Crippen molar-refractivity contribution in [3.8, 4) is 28.4 Å². The summed E-state index contributed by atoms with van der Waals surface area (Å²) in [6.45, 7) is 2.23. The molecule has 0 aliphatic carbocycles. The molecule has 0 bridgehead atoms. The van der Waals surface area contributed by atoms with E-state index in [0.717, 1.165) is 34.8 Å². The Labute approximate surface area is 155 Å². The second-order valence-electron chi connectivity index (χ2n) is 6.39. The third-order valence-electron chi connectivity index (χ3n) is 4.43. The van der Waals surface area contributed by atoms with Crippen molar-refractivity contribution in [1.82, 2.24) is 15.0 Å². The van der Waals surface area contributed by atoms with Crippen molar-refractivity contribution in [2.75, 3.05) is 7.11 Å². The van der Waals surface area contributed by atoms with Gasteiger partial charge >= 0.3 is 0 Å². The van der Waals surface area contributed by atoms with Crippen molar-refractivity contribution in [3.63, 3.8) is 0 Å². The molecule has 0 radical (unpaired) electrons. The molecule has 0 atom stereocenters. The van der Waals surface area contributed by atoms with Crippen LogP contribution < -0.4 is 4.74 Å². The summed E-state index contributed by atoms with van der Waals surface area (Å²) >= 11 is 0. The second kappa shape index (κ2) is 9.09. The summed E-state index contributed by atoms with van der Waals surface area (Å²) in [5.41, 5.74) is 4.11. The van der Waals surface area contributed by atoms with Crippen LogP contribution in [-0.4, -0.2) is 22.1 Å². The quantitative estimate of drug-likeness (QED) is 0.516. The number of rotatable bonds is 8. The maximum atomic E-state index is 5.19. The molecule has 0 saturated heterocycles. The summed E-state index contributed by atoms with van der Waals surface area (Å²) in [7, 11) is 1.67. The maximum Gasteiger partial charge on any atom is 0.160 e. The molecule has 0 unspecified atom stereocenters. The Morgan fingerprint density at radius 3 is 2.12 bits per heavy atom. The van der Waals surface area contributed by atoms with Crippen molar-refractivity contribution in [2.45, 2.75) is 39.0 Å². The minimum atomic E-state index is 0.719. The topological polar surface area (TPSA) is 47.9 Å². The SMILES string of the molecule is CCCCCCc1cnc(-c2ccc(-c3ccc(OC)cc3)nc2)nc1. The van der Waals surface area contributed by atoms with Crippen LogP contribution in [0.4, 0.5) is 0 Å². The van der Waals surface area contributed by atoms with Crippen LogP contribution in [0, 0.1) is 0 Å². The Morgan fingerprint density at radius 2 is 1.50 bits per heavy atom. The molecule has 26 heavy (non-hydrogen) atoms. The molecule has 2 heterocycles. The summed E-state index contributed by atoms with van der Waals surface area (Å²) in [6.07, 6.45) is 11.8. The molecule has 0 fully saturated rings. The Kier molecular flexibility index (Phi) is 6.31. The van der Waals surface area contributed by atoms with Crippen LogP contribution in [0.2, 0.25) is 0 Å². The van der Waals surface area contributed by atoms with Gasteiger partial charge in [0, 0.05) is 29.7 Å². The Balaban J connectivity index is 1.66. The monoisotopic (exact) mass is 347 g/mol. The van der Waals surface area contributed by atoms with E-state index in [1.807, 2.05) is 55.0 Å². The molecule has 3 rings (SSSR count). The highest BCUT2D eigenvalue weighted by molar-refractivity contribution is 5.63. The lowest BCUT2D eigenvalue weighted by atomic mass is 10.1. The highest BCUT2D eigenvalue weighted by Crippen LogP contribution is 2.22. The van der Waals surface area contributed by atoms with E-state index in [4.69, 9.17) is 4.74 Å². The van der Waals surface area contributed by atoms with Crippen LogP contribution in [0.1, 0.15) is 38.2 Å². The largest absolute Gasteiger partial charge is 0.497 e. The predicted molar refractivity (Wildman–Crippen MR) is 105 cm³/mol. The number of benzene rings is 1. The molecule has 0 N–H and O–H groups in total. The number of aryl methyl sites for hydroxylation is 1. The van der Waals surface area contributed by atoms with E-state index in [0.29, 0.717) is 0 Å². The summed E-state index contributed by atoms with van der Waals surface area (Å²) in [5.74, 6) is 1.56. The lowest BCUT2D eigenvalue weighted by molar-refractivity contribution is 0.415. The number of unbranched alkanes of at least 4 members (excludes halogenated alkanes) is 3. The molecule has 2 aromatic heterocycles. The number of pyridine rings is 1. The van der Waals surface area contributed by atoms with Gasteiger partial charge in [-0.05, 0) is 54.8 Å². The van der Waals surface area contributed by atoms with E-state index in [9.17, 15) is 0 Å². The fourth-order valence-electron chi connectivity index (χ4n) is 2.85. The molecular formula is C22H25N3O. The maximum absolute atomic E-state index is 5.19. The Morgan fingerprint density at radius 1 is 0.769 bits per heavy atom. The van der Waals surface area contributed by atoms with E-state index in [1.54, 1.807) is 7.11 Å². The molecule has 0 spiro atoms. The van der Waals surface area contributed by atoms with Crippen molar-refractivity contribution in [3.05, 3.63) is 60.6 Å². The van der Waals surface area contributed by atoms with Gasteiger partial charge < -0.3 is 4.74 Å². The van der Waals surface area contributed by atoms with E-state index in [1.165, 1.54) is 31.2 Å². The van der Waals surface area contributed by atoms with Crippen molar-refractivity contribution in [1.29, 1.82) is 0 Å². The van der Waals surface area contributed by atoms with Gasteiger partial charge in [-0.3, -0.25) is 4.98 Å². The molecule has 0 aliphatic rings. The molecule has 4 nitrogen and oxygen atoms in total. The molecule has 134 valence electrons. The first-order valence-corrected chi connectivity index (χ1v) is 9.22. The lowest BCUT2D eigenvalue weighted by Gasteiger charge is -2.05. The highest BCUT2D eigenvalue weighted by Gasteiger charge is 2.05. The zero-order valence-electron chi connectivity index (χ0n) is 15.5. The third kappa shape index (κ3) is 4.66. The Hall–Kier alpha value is -2.75. The van der Waals surface area contributed by atoms with E-state index >= 15 is 0 Å². The standard InChI is InChI=1S/C22H25N3O/c1-3-4-5-6-7-17-14-24-22(25-15-17)19-10-13-21(23-16-19)18-8-11-20(26-2)12-9-18/h8-16H,3-7H2,1-2H3. The van der Waals surface area contributed by atoms with Gasteiger partial charge in [-0.1, -0.05) is 26.2 Å². The smallest absolute Gasteiger partial charge is 0.160 e. The normalized spacial score (nSPS) is 10.7. The summed E-state index contributed by atoms with van der Waals surface area (Å²) in [4.78, 5) is 13.6. The first kappa shape index (κ1) is 18.1. The van der Waals surface area contributed by atoms with Gasteiger partial charge in [0.25, 0.3) is 0 Å². The van der Waals surface area contributed by atoms with Gasteiger partial charge in [-0.15, -0.1) is 0 Å². The molecular weight excluding hydrogens is 322 g/mol. The molecule has 0 amide bonds. The molecule has 0 aliphatic heterocycles. The summed E-state index contributed by atoms with van der Waals surface area (Å²) < 4.78 is 5.19. The number of hydrogen-bond acceptors (Lipinski definition) is 4. The summed E-state index contributed by atoms with van der Waals surface area (Å²) in [6, 6.07) is 11.9. The van der Waals surface area contributed by atoms with Gasteiger partial charge in [0.05, 0.1) is 12.8 Å². The Bertz CT molecular complexity index is 796. The number of ether oxygens (including phenoxy) is 1. The van der Waals surface area contributed by atoms with Crippen LogP contribution >= 0.6 is 0 Å². The van der Waals surface area contributed by atoms with Crippen LogP contribution in [0.5, 0.6) is 5.75 Å². The van der Waals surface area contributed by atoms with Gasteiger partial charge in [-0.25, -0.2) is 9.97 Å². The molecule has 4 heteroatoms. The van der Waals surface area contributed by atoms with Crippen molar-refractivity contribution < 1.29 is 4.74 Å². The van der Waals surface area contributed by atoms with Crippen molar-refractivity contribution >= 4 is 0 Å². The van der Waals surface area contributed by atoms with Gasteiger partial charge in [0.15, 0.2) is 5.82 Å². The van der Waals surface area contributed by atoms with Crippen LogP contribution in [0.25, 0.3) is 22.6 Å². The van der Waals surface area contributed by atoms with Gasteiger partial charge in [0.2, 0.25) is 0 Å². The van der Waals surface area contributed by atoms with Crippen molar-refractivity contribution in [2.24, 2.45) is 0 Å². The fraction of sp³-hybridized carbons (Fsp3) is 0.318. The zero-order valence-corrected chi connectivity index (χ0v) is 15.5. The number of methoxy groups -OCH3 is 1. The van der Waals surface area contributed by atoms with Gasteiger partial charge in [0.1, 0.15) is 5.75 Å². The first-order valence-electron chi connectivity index (χ1n) is 9.22. The fourth-order valence-corrected chi connectivity index (χ4v) is 2.85. The van der Waals surface area contributed by atoms with Crippen LogP contribution in [0.15, 0.2) is 55.0 Å². The third-order valence-corrected chi connectivity index (χ3v) is 4.43. The van der Waals surface area contributed by atoms with Crippen LogP contribution in [0.3, 0.4) is 0 Å². The van der Waals surface area contributed by atoms with Crippen LogP contribution in [-0.2, 0) is 6.42 Å². The van der Waals surface area contributed by atoms with E-state index in [-0.39, 0.29) is 0 Å². The molecule has 0 saturated carbocycles. The zero-order chi connectivity index (χ0) is 18.2. The lowest BCUT2D eigenvalue weighted by Crippen LogP contribution is -1.94. The molecule has 1 aromatic carbocycles. The average molecular weight is 347 g/mol. The summed E-state index contributed by atoms with van der Waals surface area (Å²) in [5, 5.41) is 0.